The Morgan fingerprint density at radius 1 is 1.04 bits per heavy atom. The van der Waals surface area contributed by atoms with Crippen LogP contribution in [-0.2, 0) is 4.74 Å². The third kappa shape index (κ3) is 5.05. The third-order valence-corrected chi connectivity index (χ3v) is 3.99. The first-order valence-corrected chi connectivity index (χ1v) is 8.83. The van der Waals surface area contributed by atoms with E-state index in [0.29, 0.717) is 24.5 Å². The molecule has 28 heavy (non-hydrogen) atoms. The largest absolute Gasteiger partial charge is 0.438 e. The first-order chi connectivity index (χ1) is 13.7. The van der Waals surface area contributed by atoms with Crippen LogP contribution in [0.2, 0.25) is 0 Å². The van der Waals surface area contributed by atoms with Crippen molar-refractivity contribution in [2.24, 2.45) is 0 Å². The monoisotopic (exact) mass is 378 g/mol. The molecule has 0 aliphatic heterocycles. The second kappa shape index (κ2) is 9.48. The number of rotatable bonds is 8. The molecule has 1 aromatic carbocycles. The van der Waals surface area contributed by atoms with Crippen molar-refractivity contribution >= 4 is 17.4 Å². The van der Waals surface area contributed by atoms with Gasteiger partial charge in [0.2, 0.25) is 5.88 Å². The Morgan fingerprint density at radius 3 is 2.54 bits per heavy atom. The topological polar surface area (TPSA) is 76.6 Å². The number of nitrogens with zero attached hydrogens (tertiary/aromatic N) is 3. The number of carbonyl (C=O) groups is 1. The van der Waals surface area contributed by atoms with Crippen LogP contribution in [0.15, 0.2) is 67.0 Å². The lowest BCUT2D eigenvalue weighted by Crippen LogP contribution is -2.30. The highest BCUT2D eigenvalue weighted by Crippen LogP contribution is 2.26. The van der Waals surface area contributed by atoms with Crippen LogP contribution in [-0.4, -0.2) is 48.1 Å². The highest BCUT2D eigenvalue weighted by Gasteiger charge is 2.18. The van der Waals surface area contributed by atoms with E-state index >= 15 is 0 Å². The minimum Gasteiger partial charge on any atom is -0.438 e. The molecule has 3 aromatic rings. The summed E-state index contributed by atoms with van der Waals surface area (Å²) in [6.45, 7) is 0.945. The van der Waals surface area contributed by atoms with Crippen molar-refractivity contribution in [3.63, 3.8) is 0 Å². The van der Waals surface area contributed by atoms with E-state index in [1.165, 1.54) is 0 Å². The van der Waals surface area contributed by atoms with Crippen molar-refractivity contribution in [1.29, 1.82) is 0 Å². The van der Waals surface area contributed by atoms with E-state index in [1.807, 2.05) is 42.5 Å². The Kier molecular flexibility index (Phi) is 6.54. The lowest BCUT2D eigenvalue weighted by molar-refractivity contribution is 0.0741. The van der Waals surface area contributed by atoms with Crippen molar-refractivity contribution in [2.45, 2.75) is 0 Å². The summed E-state index contributed by atoms with van der Waals surface area (Å²) in [4.78, 5) is 22.7. The molecule has 0 aliphatic carbocycles. The minimum atomic E-state index is -0.173. The zero-order valence-electron chi connectivity index (χ0n) is 15.8. The van der Waals surface area contributed by atoms with Crippen LogP contribution >= 0.6 is 0 Å². The van der Waals surface area contributed by atoms with Crippen LogP contribution in [0.4, 0.5) is 11.5 Å². The summed E-state index contributed by atoms with van der Waals surface area (Å²) in [5, 5.41) is 3.20. The number of hydrogen-bond acceptors (Lipinski definition) is 6. The molecule has 144 valence electrons. The summed E-state index contributed by atoms with van der Waals surface area (Å²) in [5.74, 6) is 1.43. The maximum absolute atomic E-state index is 12.7. The predicted molar refractivity (Wildman–Crippen MR) is 107 cm³/mol. The SMILES string of the molecule is COCCN(C)C(=O)c1cccnc1Oc1ccc(Nc2ccccn2)cc1. The number of aromatic nitrogens is 2. The molecule has 2 heterocycles. The number of anilines is 2. The molecule has 0 spiro atoms. The standard InChI is InChI=1S/C21H22N4O3/c1-25(14-15-27-2)21(26)18-6-5-13-23-20(18)28-17-10-8-16(9-11-17)24-19-7-3-4-12-22-19/h3-13H,14-15H2,1-2H3,(H,22,24). The van der Waals surface area contributed by atoms with E-state index in [0.717, 1.165) is 11.5 Å². The second-order valence-corrected chi connectivity index (χ2v) is 6.04. The number of benzene rings is 1. The van der Waals surface area contributed by atoms with Crippen molar-refractivity contribution < 1.29 is 14.3 Å². The van der Waals surface area contributed by atoms with Gasteiger partial charge in [0.25, 0.3) is 5.91 Å². The Labute approximate surface area is 164 Å². The molecular weight excluding hydrogens is 356 g/mol. The smallest absolute Gasteiger partial charge is 0.259 e. The van der Waals surface area contributed by atoms with Gasteiger partial charge in [-0.3, -0.25) is 4.79 Å². The number of likely N-dealkylation sites (N-methyl/N-ethyl adjacent to an activating group) is 1. The van der Waals surface area contributed by atoms with Gasteiger partial charge in [0.15, 0.2) is 0 Å². The summed E-state index contributed by atoms with van der Waals surface area (Å²) in [7, 11) is 3.32. The van der Waals surface area contributed by atoms with Gasteiger partial charge in [-0.25, -0.2) is 9.97 Å². The summed E-state index contributed by atoms with van der Waals surface area (Å²) >= 11 is 0. The number of amides is 1. The van der Waals surface area contributed by atoms with E-state index < -0.39 is 0 Å². The van der Waals surface area contributed by atoms with Gasteiger partial charge in [-0.2, -0.15) is 0 Å². The lowest BCUT2D eigenvalue weighted by Gasteiger charge is -2.18. The van der Waals surface area contributed by atoms with Crippen LogP contribution < -0.4 is 10.1 Å². The van der Waals surface area contributed by atoms with Crippen LogP contribution in [0.1, 0.15) is 10.4 Å². The molecule has 0 unspecified atom stereocenters. The van der Waals surface area contributed by atoms with Crippen LogP contribution in [0.25, 0.3) is 0 Å². The fourth-order valence-corrected chi connectivity index (χ4v) is 2.47. The highest BCUT2D eigenvalue weighted by molar-refractivity contribution is 5.96. The third-order valence-electron chi connectivity index (χ3n) is 3.99. The summed E-state index contributed by atoms with van der Waals surface area (Å²) in [6.07, 6.45) is 3.32. The summed E-state index contributed by atoms with van der Waals surface area (Å²) < 4.78 is 10.9. The summed E-state index contributed by atoms with van der Waals surface area (Å²) in [6, 6.07) is 16.4. The quantitative estimate of drug-likeness (QED) is 0.644. The first kappa shape index (κ1) is 19.3. The minimum absolute atomic E-state index is 0.173. The second-order valence-electron chi connectivity index (χ2n) is 6.04. The van der Waals surface area contributed by atoms with Crippen LogP contribution in [0.5, 0.6) is 11.6 Å². The van der Waals surface area contributed by atoms with Crippen LogP contribution in [0.3, 0.4) is 0 Å². The molecule has 2 aromatic heterocycles. The molecule has 0 atom stereocenters. The molecule has 7 nitrogen and oxygen atoms in total. The molecule has 0 saturated heterocycles. The van der Waals surface area contributed by atoms with Gasteiger partial charge in [-0.15, -0.1) is 0 Å². The lowest BCUT2D eigenvalue weighted by atomic mass is 10.2. The van der Waals surface area contributed by atoms with E-state index in [4.69, 9.17) is 9.47 Å². The van der Waals surface area contributed by atoms with Gasteiger partial charge in [0, 0.05) is 38.8 Å². The van der Waals surface area contributed by atoms with Crippen molar-refractivity contribution in [1.82, 2.24) is 14.9 Å². The first-order valence-electron chi connectivity index (χ1n) is 8.83. The van der Waals surface area contributed by atoms with Gasteiger partial charge in [0.05, 0.1) is 6.61 Å². The van der Waals surface area contributed by atoms with E-state index in [1.54, 1.807) is 43.6 Å². The molecule has 1 N–H and O–H groups in total. The van der Waals surface area contributed by atoms with Crippen molar-refractivity contribution in [2.75, 3.05) is 32.6 Å². The van der Waals surface area contributed by atoms with E-state index in [-0.39, 0.29) is 11.8 Å². The molecule has 7 heteroatoms. The maximum Gasteiger partial charge on any atom is 0.259 e. The Balaban J connectivity index is 1.71. The molecule has 3 rings (SSSR count). The van der Waals surface area contributed by atoms with Gasteiger partial charge in [-0.05, 0) is 48.5 Å². The van der Waals surface area contributed by atoms with E-state index in [2.05, 4.69) is 15.3 Å². The molecule has 1 amide bonds. The Bertz CT molecular complexity index is 901. The number of nitrogens with one attached hydrogen (secondary N) is 1. The van der Waals surface area contributed by atoms with Crippen molar-refractivity contribution in [3.05, 3.63) is 72.6 Å². The highest BCUT2D eigenvalue weighted by atomic mass is 16.5. The predicted octanol–water partition coefficient (Wildman–Crippen LogP) is 3.73. The van der Waals surface area contributed by atoms with Gasteiger partial charge < -0.3 is 19.7 Å². The number of carbonyl (C=O) groups excluding carboxylic acids is 1. The van der Waals surface area contributed by atoms with Gasteiger partial charge >= 0.3 is 0 Å². The van der Waals surface area contributed by atoms with Gasteiger partial charge in [-0.1, -0.05) is 6.07 Å². The molecular formula is C21H22N4O3. The number of hydrogen-bond donors (Lipinski definition) is 1. The van der Waals surface area contributed by atoms with Crippen molar-refractivity contribution in [3.8, 4) is 11.6 Å². The zero-order chi connectivity index (χ0) is 19.8. The Hall–Kier alpha value is -3.45. The van der Waals surface area contributed by atoms with Gasteiger partial charge in [0.1, 0.15) is 17.1 Å². The molecule has 0 aliphatic rings. The average molecular weight is 378 g/mol. The fourth-order valence-electron chi connectivity index (χ4n) is 2.47. The molecule has 0 radical (unpaired) electrons. The number of pyridine rings is 2. The maximum atomic E-state index is 12.7. The molecule has 0 fully saturated rings. The van der Waals surface area contributed by atoms with Crippen LogP contribution in [0, 0.1) is 0 Å². The number of methoxy groups -OCH3 is 1. The average Bonchev–Trinajstić information content (AvgIpc) is 2.74. The fraction of sp³-hybridized carbons (Fsp3) is 0.190. The zero-order valence-corrected chi connectivity index (χ0v) is 15.8. The normalized spacial score (nSPS) is 10.4. The molecule has 0 saturated carbocycles. The van der Waals surface area contributed by atoms with E-state index in [9.17, 15) is 4.79 Å². The summed E-state index contributed by atoms with van der Waals surface area (Å²) in [5.41, 5.74) is 1.28. The molecule has 0 bridgehead atoms. The number of ether oxygens (including phenoxy) is 2. The Morgan fingerprint density at radius 2 is 1.82 bits per heavy atom.